The van der Waals surface area contributed by atoms with Crippen LogP contribution < -0.4 is 60.6 Å². The van der Waals surface area contributed by atoms with Gasteiger partial charge in [-0.15, -0.1) is 0 Å². The van der Waals surface area contributed by atoms with E-state index in [4.69, 9.17) is 28.7 Å². The predicted octanol–water partition coefficient (Wildman–Crippen LogP) is -0.931. The molecular weight excluding hydrogens is 973 g/mol. The molecule has 0 unspecified atom stereocenters. The van der Waals surface area contributed by atoms with Crippen LogP contribution in [0.4, 0.5) is 5.69 Å². The lowest BCUT2D eigenvalue weighted by Gasteiger charge is -2.28. The van der Waals surface area contributed by atoms with Crippen LogP contribution in [0.2, 0.25) is 0 Å². The summed E-state index contributed by atoms with van der Waals surface area (Å²) in [4.78, 5) is 126. The Bertz CT molecular complexity index is 2250. The van der Waals surface area contributed by atoms with Gasteiger partial charge in [0.25, 0.3) is 5.69 Å². The van der Waals surface area contributed by atoms with E-state index in [1.807, 2.05) is 0 Å². The standard InChI is InChI=1S/C50H78N14O11/c1-30(2)27-40(49(72)73)62-44(67)37(17-11-25-56-50(54)55)59-45(68)39(29-33-19-21-34(22-20-33)64(74)75)61-46(69)38(28-32-13-5-4-6-14-32)60-43(66)36(16-8-10-24-52)58-42(65)31(3)57-47(70)41-18-12-26-63(41)48(71)35(53)15-7-9-23-51/h4-6,13-14,19-22,30-31,35-41H,7-12,15-18,23-29,51-53H2,1-3H3,(H,57,70)(H,58,65)(H,59,68)(H,60,66)(H,61,69)(H,62,67)(H,72,73)(H4,54,55,56)/t31-,35-,36-,37-,38-,39-,40-,41-/m0/s1. The van der Waals surface area contributed by atoms with Crippen molar-refractivity contribution in [2.75, 3.05) is 26.2 Å². The van der Waals surface area contributed by atoms with Crippen molar-refractivity contribution in [1.29, 1.82) is 0 Å². The second-order valence-corrected chi connectivity index (χ2v) is 19.1. The minimum absolute atomic E-state index is 0.0505. The molecule has 0 bridgehead atoms. The summed E-state index contributed by atoms with van der Waals surface area (Å²) in [7, 11) is 0. The van der Waals surface area contributed by atoms with E-state index in [0.717, 1.165) is 0 Å². The Morgan fingerprint density at radius 2 is 1.17 bits per heavy atom. The maximum atomic E-state index is 14.6. The number of amides is 7. The number of nitro benzene ring substituents is 1. The first kappa shape index (κ1) is 62.0. The maximum absolute atomic E-state index is 14.6. The molecule has 1 heterocycles. The number of likely N-dealkylation sites (tertiary alicyclic amines) is 1. The van der Waals surface area contributed by atoms with Crippen LogP contribution in [0, 0.1) is 16.0 Å². The number of carboxylic acid groups (broad SMARTS) is 1. The molecule has 17 N–H and O–H groups in total. The third-order valence-electron chi connectivity index (χ3n) is 12.5. The maximum Gasteiger partial charge on any atom is 0.326 e. The lowest BCUT2D eigenvalue weighted by Crippen LogP contribution is -2.60. The fraction of sp³-hybridized carbons (Fsp3) is 0.580. The number of guanidine groups is 1. The Morgan fingerprint density at radius 1 is 0.680 bits per heavy atom. The zero-order chi connectivity index (χ0) is 55.6. The van der Waals surface area contributed by atoms with Crippen LogP contribution in [0.3, 0.4) is 0 Å². The highest BCUT2D eigenvalue weighted by Crippen LogP contribution is 2.20. The molecule has 1 aliphatic rings. The van der Waals surface area contributed by atoms with Crippen molar-refractivity contribution in [1.82, 2.24) is 36.8 Å². The van der Waals surface area contributed by atoms with E-state index >= 15 is 0 Å². The summed E-state index contributed by atoms with van der Waals surface area (Å²) >= 11 is 0. The number of benzene rings is 2. The van der Waals surface area contributed by atoms with Crippen LogP contribution in [0.25, 0.3) is 0 Å². The van der Waals surface area contributed by atoms with Gasteiger partial charge >= 0.3 is 5.97 Å². The first-order valence-electron chi connectivity index (χ1n) is 25.5. The predicted molar refractivity (Wildman–Crippen MR) is 280 cm³/mol. The van der Waals surface area contributed by atoms with Crippen LogP contribution in [0.1, 0.15) is 103 Å². The van der Waals surface area contributed by atoms with Crippen LogP contribution >= 0.6 is 0 Å². The van der Waals surface area contributed by atoms with E-state index < -0.39 is 94.7 Å². The molecule has 0 radical (unpaired) electrons. The Labute approximate surface area is 437 Å². The average molecular weight is 1050 g/mol. The number of carbonyl (C=O) groups excluding carboxylic acids is 7. The van der Waals surface area contributed by atoms with Gasteiger partial charge in [-0.3, -0.25) is 48.7 Å². The number of nitrogens with one attached hydrogen (secondary N) is 6. The molecule has 0 spiro atoms. The van der Waals surface area contributed by atoms with E-state index in [1.54, 1.807) is 44.2 Å². The zero-order valence-electron chi connectivity index (χ0n) is 43.2. The number of unbranched alkanes of at least 4 members (excludes halogenated alkanes) is 2. The molecular formula is C50H78N14O11. The van der Waals surface area contributed by atoms with Gasteiger partial charge in [0.15, 0.2) is 5.96 Å². The number of hydrogen-bond acceptors (Lipinski definition) is 14. The number of hydrogen-bond donors (Lipinski definition) is 12. The molecule has 0 aromatic heterocycles. The largest absolute Gasteiger partial charge is 0.480 e. The second-order valence-electron chi connectivity index (χ2n) is 19.1. The highest BCUT2D eigenvalue weighted by Gasteiger charge is 2.38. The topological polar surface area (TPSA) is 418 Å². The van der Waals surface area contributed by atoms with Gasteiger partial charge in [0.1, 0.15) is 42.3 Å². The Morgan fingerprint density at radius 3 is 1.69 bits per heavy atom. The number of nitro groups is 1. The van der Waals surface area contributed by atoms with Gasteiger partial charge in [0.2, 0.25) is 41.4 Å². The van der Waals surface area contributed by atoms with Crippen molar-refractivity contribution >= 4 is 59.0 Å². The molecule has 3 rings (SSSR count). The third kappa shape index (κ3) is 21.6. The smallest absolute Gasteiger partial charge is 0.326 e. The van der Waals surface area contributed by atoms with E-state index in [-0.39, 0.29) is 75.1 Å². The molecule has 0 saturated carbocycles. The normalized spacial score (nSPS) is 15.9. The highest BCUT2D eigenvalue weighted by atomic mass is 16.6. The Balaban J connectivity index is 1.94. The first-order chi connectivity index (χ1) is 35.6. The quantitative estimate of drug-likeness (QED) is 0.0135. The molecule has 25 nitrogen and oxygen atoms in total. The molecule has 1 saturated heterocycles. The van der Waals surface area contributed by atoms with Gasteiger partial charge in [-0.25, -0.2) is 4.79 Å². The fourth-order valence-corrected chi connectivity index (χ4v) is 8.39. The van der Waals surface area contributed by atoms with Gasteiger partial charge < -0.3 is 70.6 Å². The summed E-state index contributed by atoms with van der Waals surface area (Å²) in [6, 6.07) is 4.11. The lowest BCUT2D eigenvalue weighted by atomic mass is 10.0. The molecule has 1 aliphatic heterocycles. The summed E-state index contributed by atoms with van der Waals surface area (Å²) in [5, 5.41) is 37.3. The minimum atomic E-state index is -1.50. The molecule has 2 aromatic carbocycles. The van der Waals surface area contributed by atoms with Gasteiger partial charge in [-0.1, -0.05) is 62.7 Å². The van der Waals surface area contributed by atoms with Crippen molar-refractivity contribution in [2.45, 2.75) is 153 Å². The number of aliphatic imine (C=N–C) groups is 1. The van der Waals surface area contributed by atoms with Crippen molar-refractivity contribution in [3.63, 3.8) is 0 Å². The van der Waals surface area contributed by atoms with E-state index in [2.05, 4.69) is 36.9 Å². The van der Waals surface area contributed by atoms with Crippen LogP contribution in [-0.4, -0.2) is 143 Å². The molecule has 2 aromatic rings. The van der Waals surface area contributed by atoms with Gasteiger partial charge in [0.05, 0.1) is 11.0 Å². The van der Waals surface area contributed by atoms with Gasteiger partial charge in [-0.05, 0) is 101 Å². The van der Waals surface area contributed by atoms with Crippen molar-refractivity contribution in [3.05, 3.63) is 75.8 Å². The Kier molecular flexibility index (Phi) is 26.6. The summed E-state index contributed by atoms with van der Waals surface area (Å²) < 4.78 is 0. The average Bonchev–Trinajstić information content (AvgIpc) is 3.86. The molecule has 414 valence electrons. The minimum Gasteiger partial charge on any atom is -0.480 e. The van der Waals surface area contributed by atoms with Crippen molar-refractivity contribution in [3.8, 4) is 0 Å². The SMILES string of the molecule is CC(C)C[C@H](NC(=O)[C@H](CCCN=C(N)N)NC(=O)[C@H](Cc1ccc([N+](=O)[O-])cc1)NC(=O)[C@H](Cc1ccccc1)NC(=O)[C@H](CCCCN)NC(=O)[C@H](C)NC(=O)[C@@H]1CCCN1C(=O)[C@@H](N)CCCCN)C(=O)O. The number of carboxylic acids is 1. The molecule has 25 heteroatoms. The van der Waals surface area contributed by atoms with E-state index in [0.29, 0.717) is 69.2 Å². The third-order valence-corrected chi connectivity index (χ3v) is 12.5. The molecule has 0 aliphatic carbocycles. The molecule has 1 fully saturated rings. The monoisotopic (exact) mass is 1050 g/mol. The summed E-state index contributed by atoms with van der Waals surface area (Å²) in [5.74, 6) is -6.70. The first-order valence-corrected chi connectivity index (χ1v) is 25.5. The number of nitrogens with zero attached hydrogens (tertiary/aromatic N) is 3. The molecule has 7 amide bonds. The summed E-state index contributed by atoms with van der Waals surface area (Å²) in [6.45, 7) is 6.08. The van der Waals surface area contributed by atoms with Crippen LogP contribution in [0.15, 0.2) is 59.6 Å². The zero-order valence-corrected chi connectivity index (χ0v) is 43.2. The highest BCUT2D eigenvalue weighted by molar-refractivity contribution is 5.97. The number of aliphatic carboxylic acids is 1. The van der Waals surface area contributed by atoms with Crippen LogP contribution in [-0.2, 0) is 51.2 Å². The summed E-state index contributed by atoms with van der Waals surface area (Å²) in [5.41, 5.74) is 29.2. The van der Waals surface area contributed by atoms with E-state index in [9.17, 15) is 53.6 Å². The second kappa shape index (κ2) is 32.1. The Hall–Kier alpha value is -7.25. The van der Waals surface area contributed by atoms with Crippen LogP contribution in [0.5, 0.6) is 0 Å². The van der Waals surface area contributed by atoms with E-state index in [1.165, 1.54) is 36.1 Å². The van der Waals surface area contributed by atoms with Gasteiger partial charge in [-0.2, -0.15) is 0 Å². The number of nitrogens with two attached hydrogens (primary N) is 5. The number of rotatable bonds is 33. The molecule has 75 heavy (non-hydrogen) atoms. The van der Waals surface area contributed by atoms with Crippen molar-refractivity contribution < 1.29 is 48.4 Å². The number of non-ortho nitro benzene ring substituents is 1. The van der Waals surface area contributed by atoms with Crippen molar-refractivity contribution in [2.24, 2.45) is 39.6 Å². The lowest BCUT2D eigenvalue weighted by molar-refractivity contribution is -0.384. The summed E-state index contributed by atoms with van der Waals surface area (Å²) in [6.07, 6.45) is 3.34. The molecule has 8 atom stereocenters. The fourth-order valence-electron chi connectivity index (χ4n) is 8.39. The van der Waals surface area contributed by atoms with Gasteiger partial charge in [0, 0.05) is 38.1 Å². The number of carbonyl (C=O) groups is 8.